The number of aromatic nitrogens is 2. The molecule has 0 radical (unpaired) electrons. The highest BCUT2D eigenvalue weighted by Crippen LogP contribution is 2.32. The van der Waals surface area contributed by atoms with Crippen molar-refractivity contribution in [3.8, 4) is 10.4 Å². The Labute approximate surface area is 123 Å². The zero-order chi connectivity index (χ0) is 14.6. The van der Waals surface area contributed by atoms with Gasteiger partial charge < -0.3 is 0 Å². The summed E-state index contributed by atoms with van der Waals surface area (Å²) in [4.78, 5) is 9.28. The molecule has 20 heavy (non-hydrogen) atoms. The molecule has 0 bridgehead atoms. The van der Waals surface area contributed by atoms with E-state index in [1.807, 2.05) is 26.0 Å². The van der Waals surface area contributed by atoms with Crippen LogP contribution in [0.15, 0.2) is 24.5 Å². The van der Waals surface area contributed by atoms with Crippen molar-refractivity contribution in [2.45, 2.75) is 26.7 Å². The summed E-state index contributed by atoms with van der Waals surface area (Å²) in [7, 11) is -3.30. The first-order valence-electron chi connectivity index (χ1n) is 6.40. The molecule has 0 saturated carbocycles. The van der Waals surface area contributed by atoms with E-state index in [4.69, 9.17) is 0 Å². The van der Waals surface area contributed by atoms with E-state index in [9.17, 15) is 8.42 Å². The highest BCUT2D eigenvalue weighted by Gasteiger charge is 2.15. The van der Waals surface area contributed by atoms with E-state index in [1.165, 1.54) is 11.3 Å². The summed E-state index contributed by atoms with van der Waals surface area (Å²) in [6.45, 7) is 3.83. The highest BCUT2D eigenvalue weighted by molar-refractivity contribution is 7.92. The lowest BCUT2D eigenvalue weighted by Crippen LogP contribution is -2.16. The van der Waals surface area contributed by atoms with Crippen LogP contribution in [0.5, 0.6) is 0 Å². The Hall–Kier alpha value is -1.47. The quantitative estimate of drug-likeness (QED) is 0.890. The summed E-state index contributed by atoms with van der Waals surface area (Å²) in [6.07, 6.45) is 4.94. The fourth-order valence-corrected chi connectivity index (χ4v) is 4.16. The summed E-state index contributed by atoms with van der Waals surface area (Å²) in [5, 5.41) is 0.414. The third-order valence-electron chi connectivity index (χ3n) is 2.73. The van der Waals surface area contributed by atoms with Crippen molar-refractivity contribution in [1.82, 2.24) is 9.97 Å². The average molecular weight is 311 g/mol. The summed E-state index contributed by atoms with van der Waals surface area (Å²) in [5.74, 6) is 0.129. The lowest BCUT2D eigenvalue weighted by molar-refractivity contribution is 0.598. The number of nitrogens with one attached hydrogen (secondary N) is 1. The Morgan fingerprint density at radius 3 is 2.85 bits per heavy atom. The molecule has 2 aromatic heterocycles. The van der Waals surface area contributed by atoms with Crippen LogP contribution >= 0.6 is 11.3 Å². The van der Waals surface area contributed by atoms with Crippen molar-refractivity contribution >= 4 is 26.5 Å². The molecule has 7 heteroatoms. The zero-order valence-electron chi connectivity index (χ0n) is 11.5. The number of hydrogen-bond acceptors (Lipinski definition) is 5. The lowest BCUT2D eigenvalue weighted by Gasteiger charge is -2.03. The fourth-order valence-electron chi connectivity index (χ4n) is 1.72. The number of thiazole rings is 1. The molecule has 0 aliphatic heterocycles. The maximum absolute atomic E-state index is 11.9. The van der Waals surface area contributed by atoms with Gasteiger partial charge in [-0.15, -0.1) is 0 Å². The predicted octanol–water partition coefficient (Wildman–Crippen LogP) is 3.06. The second kappa shape index (κ2) is 6.32. The number of anilines is 1. The van der Waals surface area contributed by atoms with E-state index >= 15 is 0 Å². The number of rotatable bonds is 6. The number of hydrogen-bond donors (Lipinski definition) is 1. The van der Waals surface area contributed by atoms with E-state index in [-0.39, 0.29) is 5.75 Å². The Morgan fingerprint density at radius 2 is 2.20 bits per heavy atom. The Morgan fingerprint density at radius 1 is 1.40 bits per heavy atom. The third-order valence-corrected chi connectivity index (χ3v) is 5.31. The second-order valence-electron chi connectivity index (χ2n) is 4.45. The van der Waals surface area contributed by atoms with Crippen molar-refractivity contribution in [2.75, 3.05) is 10.5 Å². The molecule has 0 unspecified atom stereocenters. The van der Waals surface area contributed by atoms with Crippen LogP contribution in [0.4, 0.5) is 5.13 Å². The SMILES string of the molecule is CCCCS(=O)(=O)Nc1nc(C)c(-c2cccnc2)s1. The van der Waals surface area contributed by atoms with Gasteiger partial charge in [0.2, 0.25) is 10.0 Å². The van der Waals surface area contributed by atoms with Gasteiger partial charge in [-0.2, -0.15) is 0 Å². The van der Waals surface area contributed by atoms with E-state index in [1.54, 1.807) is 12.4 Å². The van der Waals surface area contributed by atoms with Gasteiger partial charge in [0.1, 0.15) is 0 Å². The third kappa shape index (κ3) is 3.77. The predicted molar refractivity (Wildman–Crippen MR) is 82.4 cm³/mol. The van der Waals surface area contributed by atoms with Crippen LogP contribution in [0.2, 0.25) is 0 Å². The summed E-state index contributed by atoms with van der Waals surface area (Å²) < 4.78 is 26.3. The Balaban J connectivity index is 2.20. The lowest BCUT2D eigenvalue weighted by atomic mass is 10.2. The van der Waals surface area contributed by atoms with E-state index in [0.717, 1.165) is 22.6 Å². The van der Waals surface area contributed by atoms with Crippen LogP contribution in [0.3, 0.4) is 0 Å². The largest absolute Gasteiger partial charge is 0.264 e. The Bertz CT molecular complexity index is 666. The molecule has 0 aliphatic carbocycles. The van der Waals surface area contributed by atoms with E-state index < -0.39 is 10.0 Å². The van der Waals surface area contributed by atoms with Gasteiger partial charge in [-0.25, -0.2) is 13.4 Å². The number of aryl methyl sites for hydroxylation is 1. The van der Waals surface area contributed by atoms with Gasteiger partial charge in [0.25, 0.3) is 0 Å². The van der Waals surface area contributed by atoms with Gasteiger partial charge in [-0.1, -0.05) is 30.7 Å². The first kappa shape index (κ1) is 14.9. The normalized spacial score (nSPS) is 11.5. The number of nitrogens with zero attached hydrogens (tertiary/aromatic N) is 2. The molecule has 2 aromatic rings. The average Bonchev–Trinajstić information content (AvgIpc) is 2.77. The van der Waals surface area contributed by atoms with Crippen molar-refractivity contribution in [3.63, 3.8) is 0 Å². The van der Waals surface area contributed by atoms with Gasteiger partial charge in [0.15, 0.2) is 5.13 Å². The van der Waals surface area contributed by atoms with Crippen LogP contribution in [-0.4, -0.2) is 24.1 Å². The molecule has 108 valence electrons. The topological polar surface area (TPSA) is 72.0 Å². The van der Waals surface area contributed by atoms with Crippen molar-refractivity contribution in [1.29, 1.82) is 0 Å². The van der Waals surface area contributed by atoms with Crippen LogP contribution in [0.1, 0.15) is 25.5 Å². The van der Waals surface area contributed by atoms with Gasteiger partial charge in [0, 0.05) is 18.0 Å². The van der Waals surface area contributed by atoms with Gasteiger partial charge in [-0.3, -0.25) is 9.71 Å². The molecule has 0 spiro atoms. The molecule has 0 fully saturated rings. The molecule has 2 heterocycles. The molecule has 0 saturated heterocycles. The summed E-state index contributed by atoms with van der Waals surface area (Å²) in [5.41, 5.74) is 1.75. The monoisotopic (exact) mass is 311 g/mol. The molecule has 0 aliphatic rings. The van der Waals surface area contributed by atoms with Gasteiger partial charge in [-0.05, 0) is 19.4 Å². The fraction of sp³-hybridized carbons (Fsp3) is 0.385. The Kier molecular flexibility index (Phi) is 4.72. The minimum absolute atomic E-state index is 0.129. The number of pyridine rings is 1. The molecule has 0 atom stereocenters. The molecule has 1 N–H and O–H groups in total. The smallest absolute Gasteiger partial charge is 0.234 e. The summed E-state index contributed by atoms with van der Waals surface area (Å²) >= 11 is 1.33. The maximum atomic E-state index is 11.9. The van der Waals surface area contributed by atoms with Crippen LogP contribution < -0.4 is 4.72 Å². The number of unbranched alkanes of at least 4 members (excludes halogenated alkanes) is 1. The van der Waals surface area contributed by atoms with Crippen LogP contribution in [0, 0.1) is 6.92 Å². The first-order chi connectivity index (χ1) is 9.52. The van der Waals surface area contributed by atoms with E-state index in [2.05, 4.69) is 14.7 Å². The van der Waals surface area contributed by atoms with Crippen LogP contribution in [-0.2, 0) is 10.0 Å². The van der Waals surface area contributed by atoms with Crippen molar-refractivity contribution in [2.24, 2.45) is 0 Å². The highest BCUT2D eigenvalue weighted by atomic mass is 32.2. The minimum atomic E-state index is -3.30. The van der Waals surface area contributed by atoms with Gasteiger partial charge in [0.05, 0.1) is 16.3 Å². The second-order valence-corrected chi connectivity index (χ2v) is 7.29. The maximum Gasteiger partial charge on any atom is 0.234 e. The van der Waals surface area contributed by atoms with E-state index in [0.29, 0.717) is 11.6 Å². The van der Waals surface area contributed by atoms with Crippen molar-refractivity contribution < 1.29 is 8.42 Å². The summed E-state index contributed by atoms with van der Waals surface area (Å²) in [6, 6.07) is 3.78. The van der Waals surface area contributed by atoms with Crippen LogP contribution in [0.25, 0.3) is 10.4 Å². The first-order valence-corrected chi connectivity index (χ1v) is 8.87. The zero-order valence-corrected chi connectivity index (χ0v) is 13.1. The molecular weight excluding hydrogens is 294 g/mol. The molecule has 2 rings (SSSR count). The van der Waals surface area contributed by atoms with Gasteiger partial charge >= 0.3 is 0 Å². The minimum Gasteiger partial charge on any atom is -0.264 e. The molecular formula is C13H17N3O2S2. The number of sulfonamides is 1. The molecule has 0 aromatic carbocycles. The molecule has 5 nitrogen and oxygen atoms in total. The van der Waals surface area contributed by atoms with Crippen molar-refractivity contribution in [3.05, 3.63) is 30.2 Å². The standard InChI is InChI=1S/C13H17N3O2S2/c1-3-4-8-20(17,18)16-13-15-10(2)12(19-13)11-6-5-7-14-9-11/h5-7,9H,3-4,8H2,1-2H3,(H,15,16). The molecule has 0 amide bonds.